The second kappa shape index (κ2) is 4.80. The van der Waals surface area contributed by atoms with E-state index in [2.05, 4.69) is 15.3 Å². The van der Waals surface area contributed by atoms with Crippen molar-refractivity contribution < 1.29 is 9.53 Å². The number of benzene rings is 1. The molecule has 1 aliphatic rings. The molecule has 20 heavy (non-hydrogen) atoms. The van der Waals surface area contributed by atoms with Gasteiger partial charge in [-0.2, -0.15) is 0 Å². The molecule has 0 saturated carbocycles. The SMILES string of the molecule is CCOC(=O)c1ccc2c(c1)Nc1nccnc1N2C. The van der Waals surface area contributed by atoms with E-state index in [4.69, 9.17) is 4.74 Å². The van der Waals surface area contributed by atoms with Crippen LogP contribution in [0.2, 0.25) is 0 Å². The molecule has 0 aliphatic carbocycles. The van der Waals surface area contributed by atoms with Crippen LogP contribution >= 0.6 is 0 Å². The van der Waals surface area contributed by atoms with Crippen LogP contribution in [0.5, 0.6) is 0 Å². The van der Waals surface area contributed by atoms with Gasteiger partial charge in [0.2, 0.25) is 0 Å². The summed E-state index contributed by atoms with van der Waals surface area (Å²) in [7, 11) is 1.91. The van der Waals surface area contributed by atoms with Crippen molar-refractivity contribution in [2.24, 2.45) is 0 Å². The molecule has 0 amide bonds. The predicted molar refractivity (Wildman–Crippen MR) is 75.8 cm³/mol. The molecule has 0 atom stereocenters. The highest BCUT2D eigenvalue weighted by molar-refractivity contribution is 5.95. The number of hydrogen-bond acceptors (Lipinski definition) is 6. The Hall–Kier alpha value is -2.63. The van der Waals surface area contributed by atoms with E-state index in [1.165, 1.54) is 0 Å². The summed E-state index contributed by atoms with van der Waals surface area (Å²) in [6, 6.07) is 5.38. The normalized spacial score (nSPS) is 12.2. The molecule has 0 bridgehead atoms. The highest BCUT2D eigenvalue weighted by Crippen LogP contribution is 2.40. The monoisotopic (exact) mass is 270 g/mol. The molecule has 1 aromatic carbocycles. The van der Waals surface area contributed by atoms with E-state index in [0.717, 1.165) is 17.2 Å². The van der Waals surface area contributed by atoms with Crippen LogP contribution in [0.15, 0.2) is 30.6 Å². The Morgan fingerprint density at radius 1 is 1.35 bits per heavy atom. The number of hydrogen-bond donors (Lipinski definition) is 1. The maximum Gasteiger partial charge on any atom is 0.338 e. The van der Waals surface area contributed by atoms with Crippen molar-refractivity contribution in [1.29, 1.82) is 0 Å². The average molecular weight is 270 g/mol. The zero-order valence-corrected chi connectivity index (χ0v) is 11.3. The van der Waals surface area contributed by atoms with Crippen LogP contribution < -0.4 is 10.2 Å². The Kier molecular flexibility index (Phi) is 2.98. The molecule has 0 radical (unpaired) electrons. The molecule has 3 rings (SSSR count). The van der Waals surface area contributed by atoms with E-state index < -0.39 is 0 Å². The topological polar surface area (TPSA) is 67.3 Å². The fourth-order valence-electron chi connectivity index (χ4n) is 2.18. The van der Waals surface area contributed by atoms with Crippen molar-refractivity contribution in [1.82, 2.24) is 9.97 Å². The van der Waals surface area contributed by atoms with Gasteiger partial charge in [0.25, 0.3) is 0 Å². The Morgan fingerprint density at radius 2 is 2.15 bits per heavy atom. The Labute approximate surface area is 116 Å². The maximum atomic E-state index is 11.8. The number of nitrogens with one attached hydrogen (secondary N) is 1. The van der Waals surface area contributed by atoms with Gasteiger partial charge in [0.15, 0.2) is 11.6 Å². The Morgan fingerprint density at radius 3 is 2.95 bits per heavy atom. The third-order valence-corrected chi connectivity index (χ3v) is 3.12. The summed E-state index contributed by atoms with van der Waals surface area (Å²) < 4.78 is 5.01. The van der Waals surface area contributed by atoms with Gasteiger partial charge < -0.3 is 15.0 Å². The number of fused-ring (bicyclic) bond motifs is 2. The molecule has 1 aliphatic heterocycles. The lowest BCUT2D eigenvalue weighted by Gasteiger charge is -2.28. The minimum Gasteiger partial charge on any atom is -0.462 e. The van der Waals surface area contributed by atoms with Gasteiger partial charge in [-0.15, -0.1) is 0 Å². The van der Waals surface area contributed by atoms with Crippen molar-refractivity contribution in [2.75, 3.05) is 23.9 Å². The molecular formula is C14H14N4O2. The van der Waals surface area contributed by atoms with Gasteiger partial charge in [-0.3, -0.25) is 0 Å². The third kappa shape index (κ3) is 1.95. The van der Waals surface area contributed by atoms with Crippen molar-refractivity contribution in [3.8, 4) is 0 Å². The lowest BCUT2D eigenvalue weighted by atomic mass is 10.1. The fourth-order valence-corrected chi connectivity index (χ4v) is 2.18. The van der Waals surface area contributed by atoms with E-state index in [1.54, 1.807) is 31.5 Å². The van der Waals surface area contributed by atoms with Gasteiger partial charge in [0, 0.05) is 19.4 Å². The van der Waals surface area contributed by atoms with Crippen LogP contribution in [-0.4, -0.2) is 29.6 Å². The van der Waals surface area contributed by atoms with Gasteiger partial charge in [0.1, 0.15) is 0 Å². The number of esters is 1. The second-order valence-corrected chi connectivity index (χ2v) is 4.36. The molecule has 0 unspecified atom stereocenters. The summed E-state index contributed by atoms with van der Waals surface area (Å²) in [5.41, 5.74) is 2.26. The van der Waals surface area contributed by atoms with Gasteiger partial charge in [-0.1, -0.05) is 0 Å². The zero-order valence-electron chi connectivity index (χ0n) is 11.3. The summed E-state index contributed by atoms with van der Waals surface area (Å²) in [5.74, 6) is 1.09. The molecule has 0 saturated heterocycles. The number of ether oxygens (including phenoxy) is 1. The van der Waals surface area contributed by atoms with Crippen molar-refractivity contribution in [3.05, 3.63) is 36.2 Å². The molecule has 2 aromatic rings. The first kappa shape index (κ1) is 12.4. The van der Waals surface area contributed by atoms with Crippen LogP contribution in [0.25, 0.3) is 0 Å². The summed E-state index contributed by atoms with van der Waals surface area (Å²) >= 11 is 0. The zero-order chi connectivity index (χ0) is 14.1. The van der Waals surface area contributed by atoms with Crippen LogP contribution in [0.1, 0.15) is 17.3 Å². The number of carbonyl (C=O) groups is 1. The number of nitrogens with zero attached hydrogens (tertiary/aromatic N) is 3. The van der Waals surface area contributed by atoms with E-state index in [9.17, 15) is 4.79 Å². The minimum atomic E-state index is -0.329. The molecule has 0 spiro atoms. The van der Waals surface area contributed by atoms with E-state index in [1.807, 2.05) is 18.0 Å². The second-order valence-electron chi connectivity index (χ2n) is 4.36. The highest BCUT2D eigenvalue weighted by Gasteiger charge is 2.22. The number of carbonyl (C=O) groups excluding carboxylic acids is 1. The van der Waals surface area contributed by atoms with Crippen LogP contribution in [0.4, 0.5) is 23.0 Å². The van der Waals surface area contributed by atoms with Gasteiger partial charge in [-0.25, -0.2) is 14.8 Å². The molecular weight excluding hydrogens is 256 g/mol. The molecule has 2 heterocycles. The first-order valence-electron chi connectivity index (χ1n) is 6.33. The summed E-state index contributed by atoms with van der Waals surface area (Å²) in [4.78, 5) is 22.2. The molecule has 102 valence electrons. The lowest BCUT2D eigenvalue weighted by Crippen LogP contribution is -2.20. The first-order valence-corrected chi connectivity index (χ1v) is 6.33. The molecule has 1 aromatic heterocycles. The minimum absolute atomic E-state index is 0.329. The van der Waals surface area contributed by atoms with Crippen LogP contribution in [0, 0.1) is 0 Å². The van der Waals surface area contributed by atoms with Crippen LogP contribution in [-0.2, 0) is 4.74 Å². The van der Waals surface area contributed by atoms with Crippen LogP contribution in [0.3, 0.4) is 0 Å². The predicted octanol–water partition coefficient (Wildman–Crippen LogP) is 2.48. The third-order valence-electron chi connectivity index (χ3n) is 3.12. The van der Waals surface area contributed by atoms with Gasteiger partial charge in [-0.05, 0) is 25.1 Å². The average Bonchev–Trinajstić information content (AvgIpc) is 2.47. The maximum absolute atomic E-state index is 11.8. The molecule has 0 fully saturated rings. The summed E-state index contributed by atoms with van der Waals surface area (Å²) in [6.45, 7) is 2.14. The number of anilines is 4. The summed E-state index contributed by atoms with van der Waals surface area (Å²) in [5, 5.41) is 3.19. The van der Waals surface area contributed by atoms with Gasteiger partial charge in [0.05, 0.1) is 23.5 Å². The quantitative estimate of drug-likeness (QED) is 0.846. The number of aromatic nitrogens is 2. The molecule has 6 nitrogen and oxygen atoms in total. The van der Waals surface area contributed by atoms with E-state index in [0.29, 0.717) is 18.0 Å². The summed E-state index contributed by atoms with van der Waals surface area (Å²) in [6.07, 6.45) is 3.27. The fraction of sp³-hybridized carbons (Fsp3) is 0.214. The van der Waals surface area contributed by atoms with E-state index >= 15 is 0 Å². The number of rotatable bonds is 2. The smallest absolute Gasteiger partial charge is 0.338 e. The largest absolute Gasteiger partial charge is 0.462 e. The Bertz CT molecular complexity index is 672. The standard InChI is InChI=1S/C14H14N4O2/c1-3-20-14(19)9-4-5-11-10(8-9)17-12-13(18(11)2)16-7-6-15-12/h4-8H,3H2,1-2H3,(H,15,17). The highest BCUT2D eigenvalue weighted by atomic mass is 16.5. The Balaban J connectivity index is 2.01. The molecule has 6 heteroatoms. The molecule has 1 N–H and O–H groups in total. The van der Waals surface area contributed by atoms with E-state index in [-0.39, 0.29) is 5.97 Å². The first-order chi connectivity index (χ1) is 9.70. The van der Waals surface area contributed by atoms with Gasteiger partial charge >= 0.3 is 5.97 Å². The van der Waals surface area contributed by atoms with Crippen molar-refractivity contribution >= 4 is 29.0 Å². The lowest BCUT2D eigenvalue weighted by molar-refractivity contribution is 0.0526. The van der Waals surface area contributed by atoms with Crippen molar-refractivity contribution in [2.45, 2.75) is 6.92 Å². The van der Waals surface area contributed by atoms with Crippen molar-refractivity contribution in [3.63, 3.8) is 0 Å².